The van der Waals surface area contributed by atoms with E-state index in [2.05, 4.69) is 20.9 Å². The summed E-state index contributed by atoms with van der Waals surface area (Å²) in [5.74, 6) is 0.339. The molecule has 2 aromatic carbocycles. The number of ether oxygens (including phenoxy) is 2. The number of halogens is 2. The average Bonchev–Trinajstić information content (AvgIpc) is 3.21. The highest BCUT2D eigenvalue weighted by Gasteiger charge is 2.37. The minimum atomic E-state index is -0.353. The quantitative estimate of drug-likeness (QED) is 0.411. The van der Waals surface area contributed by atoms with Crippen molar-refractivity contribution in [1.82, 2.24) is 4.90 Å². The van der Waals surface area contributed by atoms with Crippen molar-refractivity contribution < 1.29 is 14.3 Å². The molecule has 0 saturated heterocycles. The molecule has 4 rings (SSSR count). The first-order chi connectivity index (χ1) is 15.0. The van der Waals surface area contributed by atoms with Crippen LogP contribution in [0.25, 0.3) is 0 Å². The Labute approximate surface area is 198 Å². The van der Waals surface area contributed by atoms with Gasteiger partial charge in [0.1, 0.15) is 12.4 Å². The van der Waals surface area contributed by atoms with Gasteiger partial charge >= 0.3 is 5.97 Å². The highest BCUT2D eigenvalue weighted by Crippen LogP contribution is 2.42. The molecule has 0 spiro atoms. The molecule has 0 aliphatic carbocycles. The summed E-state index contributed by atoms with van der Waals surface area (Å²) in [5, 5.41) is 3.47. The Morgan fingerprint density at radius 1 is 1.29 bits per heavy atom. The van der Waals surface area contributed by atoms with E-state index in [1.54, 1.807) is 6.92 Å². The van der Waals surface area contributed by atoms with Gasteiger partial charge in [-0.1, -0.05) is 47.6 Å². The Balaban J connectivity index is 1.63. The summed E-state index contributed by atoms with van der Waals surface area (Å²) < 4.78 is 12.1. The standard InChI is InChI=1S/C23H20BrClN2O3S/c1-3-29-22(28)20-14(2)26-23-27(10-11-31-23)21(20)15-8-9-19(17(24)12-15)30-13-16-6-4-5-7-18(16)25/h4-12,21H,3,13H2,1-2H3/t21-/m0/s1. The Bertz CT molecular complexity index is 1120. The van der Waals surface area contributed by atoms with Crippen molar-refractivity contribution in [2.24, 2.45) is 4.99 Å². The van der Waals surface area contributed by atoms with Gasteiger partial charge in [-0.25, -0.2) is 9.79 Å². The minimum absolute atomic E-state index is 0.308. The SMILES string of the molecule is CCOC(=O)C1=C(C)N=C2SC=CN2[C@H]1c1ccc(OCc2ccccc2Cl)c(Br)c1. The van der Waals surface area contributed by atoms with Gasteiger partial charge < -0.3 is 14.4 Å². The highest BCUT2D eigenvalue weighted by atomic mass is 79.9. The third-order valence-electron chi connectivity index (χ3n) is 4.93. The van der Waals surface area contributed by atoms with E-state index in [1.807, 2.05) is 65.9 Å². The normalized spacial score (nSPS) is 17.5. The number of thioether (sulfide) groups is 1. The maximum Gasteiger partial charge on any atom is 0.338 e. The van der Waals surface area contributed by atoms with Gasteiger partial charge in [-0.05, 0) is 58.9 Å². The van der Waals surface area contributed by atoms with Crippen molar-refractivity contribution in [3.63, 3.8) is 0 Å². The van der Waals surface area contributed by atoms with Crippen LogP contribution in [0.1, 0.15) is 31.0 Å². The van der Waals surface area contributed by atoms with Crippen LogP contribution < -0.4 is 4.74 Å². The molecule has 0 unspecified atom stereocenters. The number of nitrogens with zero attached hydrogens (tertiary/aromatic N) is 2. The van der Waals surface area contributed by atoms with Crippen LogP contribution in [0.5, 0.6) is 5.75 Å². The second kappa shape index (κ2) is 9.51. The van der Waals surface area contributed by atoms with E-state index in [4.69, 9.17) is 21.1 Å². The first kappa shape index (κ1) is 22.0. The van der Waals surface area contributed by atoms with Crippen LogP contribution >= 0.6 is 39.3 Å². The number of amidine groups is 1. The predicted molar refractivity (Wildman–Crippen MR) is 128 cm³/mol. The second-order valence-electron chi connectivity index (χ2n) is 6.90. The molecule has 5 nitrogen and oxygen atoms in total. The van der Waals surface area contributed by atoms with Gasteiger partial charge in [0.2, 0.25) is 0 Å². The molecule has 0 bridgehead atoms. The van der Waals surface area contributed by atoms with Crippen molar-refractivity contribution in [3.05, 3.63) is 86.0 Å². The zero-order valence-electron chi connectivity index (χ0n) is 17.0. The number of hydrogen-bond acceptors (Lipinski definition) is 6. The van der Waals surface area contributed by atoms with E-state index in [-0.39, 0.29) is 12.0 Å². The van der Waals surface area contributed by atoms with Crippen molar-refractivity contribution in [3.8, 4) is 5.75 Å². The number of esters is 1. The molecule has 0 amide bonds. The Morgan fingerprint density at radius 3 is 2.84 bits per heavy atom. The number of fused-ring (bicyclic) bond motifs is 1. The molecule has 0 saturated carbocycles. The lowest BCUT2D eigenvalue weighted by atomic mass is 9.95. The molecule has 0 N–H and O–H groups in total. The van der Waals surface area contributed by atoms with Crippen LogP contribution in [0, 0.1) is 0 Å². The molecular formula is C23H20BrClN2O3S. The lowest BCUT2D eigenvalue weighted by Crippen LogP contribution is -2.34. The van der Waals surface area contributed by atoms with E-state index in [9.17, 15) is 4.79 Å². The van der Waals surface area contributed by atoms with Gasteiger partial charge in [0, 0.05) is 16.8 Å². The van der Waals surface area contributed by atoms with Gasteiger partial charge in [-0.15, -0.1) is 0 Å². The maximum absolute atomic E-state index is 12.8. The zero-order valence-corrected chi connectivity index (χ0v) is 20.1. The topological polar surface area (TPSA) is 51.1 Å². The summed E-state index contributed by atoms with van der Waals surface area (Å²) in [6.45, 7) is 4.31. The number of allylic oxidation sites excluding steroid dienone is 1. The first-order valence-electron chi connectivity index (χ1n) is 9.73. The maximum atomic E-state index is 12.8. The molecule has 2 aliphatic rings. The molecule has 2 aromatic rings. The van der Waals surface area contributed by atoms with Gasteiger partial charge in [0.15, 0.2) is 5.17 Å². The Hall–Kier alpha value is -2.22. The largest absolute Gasteiger partial charge is 0.488 e. The summed E-state index contributed by atoms with van der Waals surface area (Å²) >= 11 is 11.4. The molecule has 31 heavy (non-hydrogen) atoms. The van der Waals surface area contributed by atoms with Crippen molar-refractivity contribution in [2.45, 2.75) is 26.5 Å². The van der Waals surface area contributed by atoms with Crippen LogP contribution in [-0.2, 0) is 16.1 Å². The molecule has 0 aromatic heterocycles. The molecule has 0 fully saturated rings. The molecule has 0 radical (unpaired) electrons. The van der Waals surface area contributed by atoms with Gasteiger partial charge in [0.25, 0.3) is 0 Å². The van der Waals surface area contributed by atoms with E-state index in [0.29, 0.717) is 35.3 Å². The van der Waals surface area contributed by atoms with Gasteiger partial charge in [0.05, 0.1) is 28.4 Å². The predicted octanol–water partition coefficient (Wildman–Crippen LogP) is 6.45. The monoisotopic (exact) mass is 518 g/mol. The lowest BCUT2D eigenvalue weighted by molar-refractivity contribution is -0.139. The van der Waals surface area contributed by atoms with E-state index in [0.717, 1.165) is 20.8 Å². The number of rotatable bonds is 6. The molecular weight excluding hydrogens is 500 g/mol. The van der Waals surface area contributed by atoms with Crippen LogP contribution in [0.4, 0.5) is 0 Å². The van der Waals surface area contributed by atoms with Crippen molar-refractivity contribution >= 4 is 50.4 Å². The van der Waals surface area contributed by atoms with E-state index < -0.39 is 0 Å². The number of carbonyl (C=O) groups is 1. The molecule has 2 heterocycles. The number of benzene rings is 2. The van der Waals surface area contributed by atoms with E-state index >= 15 is 0 Å². The Kier molecular flexibility index (Phi) is 6.74. The highest BCUT2D eigenvalue weighted by molar-refractivity contribution is 9.10. The third-order valence-corrected chi connectivity index (χ3v) is 6.69. The summed E-state index contributed by atoms with van der Waals surface area (Å²) in [7, 11) is 0. The number of aliphatic imine (C=N–C) groups is 1. The fourth-order valence-electron chi connectivity index (χ4n) is 3.47. The van der Waals surface area contributed by atoms with Crippen LogP contribution in [0.2, 0.25) is 5.02 Å². The smallest absolute Gasteiger partial charge is 0.338 e. The van der Waals surface area contributed by atoms with Crippen LogP contribution in [0.15, 0.2) is 74.8 Å². The molecule has 1 atom stereocenters. The van der Waals surface area contributed by atoms with Crippen LogP contribution in [0.3, 0.4) is 0 Å². The fourth-order valence-corrected chi connectivity index (χ4v) is 4.97. The summed E-state index contributed by atoms with van der Waals surface area (Å²) in [4.78, 5) is 19.4. The van der Waals surface area contributed by atoms with Gasteiger partial charge in [-0.2, -0.15) is 0 Å². The molecule has 160 valence electrons. The first-order valence-corrected chi connectivity index (χ1v) is 11.8. The summed E-state index contributed by atoms with van der Waals surface area (Å²) in [6.07, 6.45) is 1.94. The Morgan fingerprint density at radius 2 is 2.10 bits per heavy atom. The zero-order chi connectivity index (χ0) is 22.0. The third kappa shape index (κ3) is 4.54. The average molecular weight is 520 g/mol. The van der Waals surface area contributed by atoms with Gasteiger partial charge in [-0.3, -0.25) is 0 Å². The number of hydrogen-bond donors (Lipinski definition) is 0. The van der Waals surface area contributed by atoms with Crippen molar-refractivity contribution in [1.29, 1.82) is 0 Å². The van der Waals surface area contributed by atoms with Crippen molar-refractivity contribution in [2.75, 3.05) is 6.61 Å². The summed E-state index contributed by atoms with van der Waals surface area (Å²) in [6, 6.07) is 13.1. The minimum Gasteiger partial charge on any atom is -0.488 e. The van der Waals surface area contributed by atoms with Crippen LogP contribution in [-0.4, -0.2) is 22.6 Å². The second-order valence-corrected chi connectivity index (χ2v) is 9.03. The summed E-state index contributed by atoms with van der Waals surface area (Å²) in [5.41, 5.74) is 3.05. The molecule has 2 aliphatic heterocycles. The van der Waals surface area contributed by atoms with E-state index in [1.165, 1.54) is 11.8 Å². The fraction of sp³-hybridized carbons (Fsp3) is 0.217. The lowest BCUT2D eigenvalue weighted by Gasteiger charge is -2.33. The number of carbonyl (C=O) groups excluding carboxylic acids is 1. The molecule has 8 heteroatoms.